The van der Waals surface area contributed by atoms with E-state index in [0.717, 1.165) is 16.8 Å². The lowest BCUT2D eigenvalue weighted by molar-refractivity contribution is 0.111. The molecule has 4 rings (SSSR count). The lowest BCUT2D eigenvalue weighted by Gasteiger charge is -2.29. The van der Waals surface area contributed by atoms with Crippen molar-refractivity contribution in [2.45, 2.75) is 29.6 Å². The minimum absolute atomic E-state index is 0.0461. The van der Waals surface area contributed by atoms with Crippen LogP contribution in [0.4, 0.5) is 0 Å². The fraction of sp³-hybridized carbons (Fsp3) is 0.286. The average Bonchev–Trinajstić information content (AvgIpc) is 3.13. The molecule has 3 aromatic rings. The Bertz CT molecular complexity index is 1300. The van der Waals surface area contributed by atoms with Gasteiger partial charge >= 0.3 is 0 Å². The van der Waals surface area contributed by atoms with Crippen LogP contribution in [0.5, 0.6) is 0 Å². The molecule has 0 saturated carbocycles. The third-order valence-corrected chi connectivity index (χ3v) is 9.19. The van der Waals surface area contributed by atoms with Gasteiger partial charge in [-0.2, -0.15) is 4.31 Å². The maximum Gasteiger partial charge on any atom is 0.268 e. The molecule has 0 amide bonds. The van der Waals surface area contributed by atoms with Crippen LogP contribution in [0, 0.1) is 5.92 Å². The predicted molar refractivity (Wildman–Crippen MR) is 114 cm³/mol. The zero-order chi connectivity index (χ0) is 21.5. The molecule has 7 nitrogen and oxygen atoms in total. The van der Waals surface area contributed by atoms with Crippen molar-refractivity contribution in [3.05, 3.63) is 60.3 Å². The largest absolute Gasteiger partial charge is 0.296 e. The summed E-state index contributed by atoms with van der Waals surface area (Å²) < 4.78 is 54.8. The van der Waals surface area contributed by atoms with Crippen molar-refractivity contribution in [1.82, 2.24) is 8.28 Å². The Morgan fingerprint density at radius 1 is 0.867 bits per heavy atom. The van der Waals surface area contributed by atoms with E-state index in [0.29, 0.717) is 30.7 Å². The van der Waals surface area contributed by atoms with Gasteiger partial charge in [0.25, 0.3) is 10.0 Å². The smallest absolute Gasteiger partial charge is 0.268 e. The number of piperidine rings is 1. The zero-order valence-electron chi connectivity index (χ0n) is 16.4. The Morgan fingerprint density at radius 2 is 1.53 bits per heavy atom. The summed E-state index contributed by atoms with van der Waals surface area (Å²) >= 11 is 0. The van der Waals surface area contributed by atoms with E-state index in [1.807, 2.05) is 0 Å². The highest BCUT2D eigenvalue weighted by Crippen LogP contribution is 2.29. The fourth-order valence-corrected chi connectivity index (χ4v) is 6.79. The molecule has 0 radical (unpaired) electrons. The van der Waals surface area contributed by atoms with Gasteiger partial charge in [0.15, 0.2) is 6.29 Å². The van der Waals surface area contributed by atoms with Gasteiger partial charge in [0.2, 0.25) is 10.0 Å². The van der Waals surface area contributed by atoms with Gasteiger partial charge < -0.3 is 0 Å². The number of fused-ring (bicyclic) bond motifs is 1. The molecular weight excluding hydrogens is 424 g/mol. The van der Waals surface area contributed by atoms with Gasteiger partial charge in [-0.25, -0.2) is 20.8 Å². The topological polar surface area (TPSA) is 93.5 Å². The number of carbonyl (C=O) groups excluding carboxylic acids is 1. The van der Waals surface area contributed by atoms with Gasteiger partial charge in [-0.05, 0) is 55.2 Å². The van der Waals surface area contributed by atoms with E-state index >= 15 is 0 Å². The molecule has 0 unspecified atom stereocenters. The molecule has 1 saturated heterocycles. The molecule has 158 valence electrons. The first-order valence-electron chi connectivity index (χ1n) is 9.66. The molecule has 0 spiro atoms. The summed E-state index contributed by atoms with van der Waals surface area (Å²) in [5.41, 5.74) is 0.197. The zero-order valence-corrected chi connectivity index (χ0v) is 18.1. The van der Waals surface area contributed by atoms with Crippen molar-refractivity contribution in [3.8, 4) is 0 Å². The normalized spacial score (nSPS) is 16.7. The third kappa shape index (κ3) is 3.46. The summed E-state index contributed by atoms with van der Waals surface area (Å²) in [4.78, 5) is 11.8. The highest BCUT2D eigenvalue weighted by Gasteiger charge is 2.29. The summed E-state index contributed by atoms with van der Waals surface area (Å²) in [5.74, 6) is 0.492. The van der Waals surface area contributed by atoms with Gasteiger partial charge in [-0.15, -0.1) is 0 Å². The summed E-state index contributed by atoms with van der Waals surface area (Å²) in [7, 11) is -7.70. The van der Waals surface area contributed by atoms with Crippen LogP contribution in [0.2, 0.25) is 0 Å². The molecule has 9 heteroatoms. The standard InChI is InChI=1S/C21H22N2O5S2/c1-16-9-11-22(12-10-16)29(25,26)20-7-8-21-17(14-20)13-18(15-24)23(21)30(27,28)19-5-3-2-4-6-19/h2-8,13-16H,9-12H2,1H3. The molecule has 0 atom stereocenters. The molecule has 0 N–H and O–H groups in total. The number of benzene rings is 2. The van der Waals surface area contributed by atoms with Crippen molar-refractivity contribution < 1.29 is 21.6 Å². The minimum atomic E-state index is -4.01. The summed E-state index contributed by atoms with van der Waals surface area (Å²) in [5, 5.41) is 0.378. The Kier molecular flexibility index (Phi) is 5.29. The van der Waals surface area contributed by atoms with Gasteiger partial charge in [-0.1, -0.05) is 25.1 Å². The van der Waals surface area contributed by atoms with Crippen LogP contribution in [0.1, 0.15) is 30.3 Å². The second-order valence-electron chi connectivity index (χ2n) is 7.58. The van der Waals surface area contributed by atoms with Crippen molar-refractivity contribution in [2.24, 2.45) is 5.92 Å². The maximum atomic E-state index is 13.1. The van der Waals surface area contributed by atoms with E-state index in [4.69, 9.17) is 0 Å². The van der Waals surface area contributed by atoms with Gasteiger partial charge in [0, 0.05) is 18.5 Å². The Labute approximate surface area is 176 Å². The fourth-order valence-electron chi connectivity index (χ4n) is 3.77. The minimum Gasteiger partial charge on any atom is -0.296 e. The first kappa shape index (κ1) is 20.8. The highest BCUT2D eigenvalue weighted by atomic mass is 32.2. The number of hydrogen-bond acceptors (Lipinski definition) is 5. The third-order valence-electron chi connectivity index (χ3n) is 5.54. The molecule has 2 aromatic carbocycles. The first-order valence-corrected chi connectivity index (χ1v) is 12.5. The van der Waals surface area contributed by atoms with Crippen LogP contribution < -0.4 is 0 Å². The monoisotopic (exact) mass is 446 g/mol. The van der Waals surface area contributed by atoms with Crippen LogP contribution in [0.15, 0.2) is 64.4 Å². The van der Waals surface area contributed by atoms with E-state index < -0.39 is 20.0 Å². The number of rotatable bonds is 5. The molecule has 1 fully saturated rings. The first-order chi connectivity index (χ1) is 14.2. The number of sulfonamides is 1. The van der Waals surface area contributed by atoms with E-state index in [-0.39, 0.29) is 21.0 Å². The molecule has 1 aliphatic heterocycles. The summed E-state index contributed by atoms with van der Waals surface area (Å²) in [6.07, 6.45) is 2.08. The Morgan fingerprint density at radius 3 is 2.17 bits per heavy atom. The van der Waals surface area contributed by atoms with E-state index in [2.05, 4.69) is 6.92 Å². The molecular formula is C21H22N2O5S2. The number of carbonyl (C=O) groups is 1. The SMILES string of the molecule is CC1CCN(S(=O)(=O)c2ccc3c(c2)cc(C=O)n3S(=O)(=O)c2ccccc2)CC1. The molecule has 2 heterocycles. The second-order valence-corrected chi connectivity index (χ2v) is 11.3. The van der Waals surface area contributed by atoms with E-state index in [9.17, 15) is 21.6 Å². The van der Waals surface area contributed by atoms with Crippen LogP contribution in [0.25, 0.3) is 10.9 Å². The van der Waals surface area contributed by atoms with Gasteiger partial charge in [-0.3, -0.25) is 4.79 Å². The highest BCUT2D eigenvalue weighted by molar-refractivity contribution is 7.90. The van der Waals surface area contributed by atoms with Gasteiger partial charge in [0.1, 0.15) is 0 Å². The van der Waals surface area contributed by atoms with Crippen molar-refractivity contribution in [1.29, 1.82) is 0 Å². The Balaban J connectivity index is 1.82. The quantitative estimate of drug-likeness (QED) is 0.562. The molecule has 0 bridgehead atoms. The van der Waals surface area contributed by atoms with Crippen molar-refractivity contribution in [2.75, 3.05) is 13.1 Å². The van der Waals surface area contributed by atoms with E-state index in [1.165, 1.54) is 40.7 Å². The van der Waals surface area contributed by atoms with Crippen molar-refractivity contribution in [3.63, 3.8) is 0 Å². The Hall–Kier alpha value is -2.49. The predicted octanol–water partition coefficient (Wildman–Crippen LogP) is 3.11. The average molecular weight is 447 g/mol. The number of aldehydes is 1. The number of nitrogens with zero attached hydrogens (tertiary/aromatic N) is 2. The number of hydrogen-bond donors (Lipinski definition) is 0. The van der Waals surface area contributed by atoms with E-state index in [1.54, 1.807) is 18.2 Å². The molecule has 0 aliphatic carbocycles. The molecule has 1 aliphatic rings. The number of aromatic nitrogens is 1. The maximum absolute atomic E-state index is 13.1. The molecule has 30 heavy (non-hydrogen) atoms. The summed E-state index contributed by atoms with van der Waals surface area (Å²) in [6.45, 7) is 3.03. The second kappa shape index (κ2) is 7.64. The lowest BCUT2D eigenvalue weighted by Crippen LogP contribution is -2.37. The van der Waals surface area contributed by atoms with Crippen LogP contribution >= 0.6 is 0 Å². The van der Waals surface area contributed by atoms with Crippen LogP contribution in [-0.2, 0) is 20.0 Å². The van der Waals surface area contributed by atoms with Crippen LogP contribution in [-0.4, -0.2) is 44.5 Å². The van der Waals surface area contributed by atoms with Crippen LogP contribution in [0.3, 0.4) is 0 Å². The lowest BCUT2D eigenvalue weighted by atomic mass is 10.0. The van der Waals surface area contributed by atoms with Gasteiger partial charge in [0.05, 0.1) is 21.0 Å². The van der Waals surface area contributed by atoms with Crippen molar-refractivity contribution >= 4 is 37.2 Å². The molecule has 1 aromatic heterocycles. The summed E-state index contributed by atoms with van der Waals surface area (Å²) in [6, 6.07) is 13.5.